The van der Waals surface area contributed by atoms with Crippen LogP contribution in [0.4, 0.5) is 11.5 Å². The molecule has 4 rings (SSSR count). The predicted octanol–water partition coefficient (Wildman–Crippen LogP) is 3.52. The minimum atomic E-state index is -0.731. The molecule has 2 aromatic heterocycles. The summed E-state index contributed by atoms with van der Waals surface area (Å²) in [6.07, 6.45) is 3.52. The lowest BCUT2D eigenvalue weighted by Gasteiger charge is -2.21. The van der Waals surface area contributed by atoms with Crippen LogP contribution in [0.2, 0.25) is 0 Å². The predicted molar refractivity (Wildman–Crippen MR) is 115 cm³/mol. The Hall–Kier alpha value is -3.61. The Morgan fingerprint density at radius 3 is 2.33 bits per heavy atom. The summed E-state index contributed by atoms with van der Waals surface area (Å²) >= 11 is 0. The summed E-state index contributed by atoms with van der Waals surface area (Å²) in [6.45, 7) is 9.28. The summed E-state index contributed by atoms with van der Waals surface area (Å²) in [5.41, 5.74) is 9.89. The van der Waals surface area contributed by atoms with E-state index < -0.39 is 11.3 Å². The first-order valence-electron chi connectivity index (χ1n) is 9.67. The van der Waals surface area contributed by atoms with Gasteiger partial charge >= 0.3 is 0 Å². The molecule has 0 radical (unpaired) electrons. The number of nitrogens with zero attached hydrogens (tertiary/aromatic N) is 4. The molecule has 3 heterocycles. The van der Waals surface area contributed by atoms with E-state index in [2.05, 4.69) is 15.0 Å². The Morgan fingerprint density at radius 2 is 1.70 bits per heavy atom. The van der Waals surface area contributed by atoms with Gasteiger partial charge in [0.25, 0.3) is 5.91 Å². The fourth-order valence-corrected chi connectivity index (χ4v) is 3.77. The highest BCUT2D eigenvalue weighted by Gasteiger charge is 2.45. The molecule has 0 saturated carbocycles. The highest BCUT2D eigenvalue weighted by atomic mass is 16.2. The van der Waals surface area contributed by atoms with Crippen molar-refractivity contribution in [2.24, 2.45) is 5.73 Å². The van der Waals surface area contributed by atoms with Gasteiger partial charge in [0, 0.05) is 18.0 Å². The topological polar surface area (TPSA) is 102 Å². The van der Waals surface area contributed by atoms with Gasteiger partial charge in [-0.25, -0.2) is 15.0 Å². The van der Waals surface area contributed by atoms with Crippen molar-refractivity contribution >= 4 is 23.3 Å². The van der Waals surface area contributed by atoms with E-state index >= 15 is 0 Å². The molecule has 0 spiro atoms. The monoisotopic (exact) mass is 401 g/mol. The lowest BCUT2D eigenvalue weighted by atomic mass is 9.85. The van der Waals surface area contributed by atoms with Gasteiger partial charge in [-0.15, -0.1) is 0 Å². The molecule has 7 nitrogen and oxygen atoms in total. The summed E-state index contributed by atoms with van der Waals surface area (Å²) < 4.78 is 0. The third kappa shape index (κ3) is 2.94. The number of anilines is 2. The third-order valence-corrected chi connectivity index (χ3v) is 5.75. The van der Waals surface area contributed by atoms with Gasteiger partial charge in [0.15, 0.2) is 0 Å². The molecule has 7 heteroatoms. The van der Waals surface area contributed by atoms with Gasteiger partial charge in [0.05, 0.1) is 11.1 Å². The summed E-state index contributed by atoms with van der Waals surface area (Å²) in [5, 5.41) is 0. The van der Waals surface area contributed by atoms with E-state index in [1.165, 1.54) is 0 Å². The van der Waals surface area contributed by atoms with Crippen molar-refractivity contribution in [2.75, 3.05) is 4.90 Å². The zero-order valence-corrected chi connectivity index (χ0v) is 17.6. The number of amides is 2. The molecule has 30 heavy (non-hydrogen) atoms. The SMILES string of the molecule is Cc1ncc(-c2ccc3c(c2)N(c2cc(C)c(C)c(C(N)=O)n2)C(=O)C3(C)C)cn1. The number of nitrogens with two attached hydrogens (primary N) is 1. The quantitative estimate of drug-likeness (QED) is 0.723. The Morgan fingerprint density at radius 1 is 1.03 bits per heavy atom. The van der Waals surface area contributed by atoms with Crippen LogP contribution in [-0.2, 0) is 10.2 Å². The van der Waals surface area contributed by atoms with Crippen LogP contribution in [0.1, 0.15) is 46.9 Å². The first-order valence-corrected chi connectivity index (χ1v) is 9.67. The molecule has 2 N–H and O–H groups in total. The molecule has 2 amide bonds. The molecule has 0 aliphatic carbocycles. The number of fused-ring (bicyclic) bond motifs is 1. The van der Waals surface area contributed by atoms with Crippen LogP contribution in [-0.4, -0.2) is 26.8 Å². The van der Waals surface area contributed by atoms with Crippen molar-refractivity contribution in [1.29, 1.82) is 0 Å². The Labute approximate surface area is 175 Å². The van der Waals surface area contributed by atoms with Crippen molar-refractivity contribution in [1.82, 2.24) is 15.0 Å². The van der Waals surface area contributed by atoms with Gasteiger partial charge in [-0.3, -0.25) is 14.5 Å². The number of hydrogen-bond donors (Lipinski definition) is 1. The molecule has 0 fully saturated rings. The molecule has 0 unspecified atom stereocenters. The summed E-state index contributed by atoms with van der Waals surface area (Å²) in [5.74, 6) is 0.354. The second-order valence-electron chi connectivity index (χ2n) is 8.15. The number of hydrogen-bond acceptors (Lipinski definition) is 5. The van der Waals surface area contributed by atoms with E-state index in [9.17, 15) is 9.59 Å². The number of carbonyl (C=O) groups is 2. The Kier molecular flexibility index (Phi) is 4.42. The minimum absolute atomic E-state index is 0.110. The first kappa shape index (κ1) is 19.7. The maximum Gasteiger partial charge on any atom is 0.267 e. The lowest BCUT2D eigenvalue weighted by molar-refractivity contribution is -0.121. The highest BCUT2D eigenvalue weighted by molar-refractivity contribution is 6.12. The molecule has 0 saturated heterocycles. The van der Waals surface area contributed by atoms with E-state index in [0.29, 0.717) is 17.2 Å². The molecule has 0 atom stereocenters. The van der Waals surface area contributed by atoms with Crippen molar-refractivity contribution < 1.29 is 9.59 Å². The average Bonchev–Trinajstić information content (AvgIpc) is 2.90. The summed E-state index contributed by atoms with van der Waals surface area (Å²) in [6, 6.07) is 7.68. The number of primary amides is 1. The molecule has 1 aliphatic rings. The molecular weight excluding hydrogens is 378 g/mol. The minimum Gasteiger partial charge on any atom is -0.364 e. The van der Waals surface area contributed by atoms with Crippen molar-refractivity contribution in [3.8, 4) is 11.1 Å². The highest BCUT2D eigenvalue weighted by Crippen LogP contribution is 2.46. The van der Waals surface area contributed by atoms with Crippen LogP contribution < -0.4 is 10.6 Å². The van der Waals surface area contributed by atoms with Gasteiger partial charge in [-0.2, -0.15) is 0 Å². The van der Waals surface area contributed by atoms with E-state index in [0.717, 1.165) is 27.9 Å². The van der Waals surface area contributed by atoms with Crippen molar-refractivity contribution in [3.05, 3.63) is 64.9 Å². The second kappa shape index (κ2) is 6.73. The first-order chi connectivity index (χ1) is 14.1. The summed E-state index contributed by atoms with van der Waals surface area (Å²) in [4.78, 5) is 39.9. The summed E-state index contributed by atoms with van der Waals surface area (Å²) in [7, 11) is 0. The Bertz CT molecular complexity index is 1200. The Balaban J connectivity index is 1.92. The van der Waals surface area contributed by atoms with Crippen LogP contribution in [0.5, 0.6) is 0 Å². The molecule has 1 aliphatic heterocycles. The van der Waals surface area contributed by atoms with Crippen LogP contribution in [0.25, 0.3) is 11.1 Å². The number of pyridine rings is 1. The van der Waals surface area contributed by atoms with Gasteiger partial charge in [-0.1, -0.05) is 12.1 Å². The van der Waals surface area contributed by atoms with Gasteiger partial charge in [0.1, 0.15) is 17.3 Å². The lowest BCUT2D eigenvalue weighted by Crippen LogP contribution is -2.34. The standard InChI is InChI=1S/C23H23N5O2/c1-12-8-19(27-20(13(12)2)21(24)29)28-18-9-15(16-10-25-14(3)26-11-16)6-7-17(18)23(4,5)22(28)30/h6-11H,1-5H3,(H2,24,29). The zero-order chi connectivity index (χ0) is 21.8. The molecule has 152 valence electrons. The van der Waals surface area contributed by atoms with Gasteiger partial charge in [0.2, 0.25) is 5.91 Å². The smallest absolute Gasteiger partial charge is 0.267 e. The average molecular weight is 401 g/mol. The number of aromatic nitrogens is 3. The van der Waals surface area contributed by atoms with E-state index in [4.69, 9.17) is 5.73 Å². The third-order valence-electron chi connectivity index (χ3n) is 5.75. The maximum atomic E-state index is 13.4. The normalized spacial score (nSPS) is 14.7. The molecule has 3 aromatic rings. The number of aryl methyl sites for hydroxylation is 2. The van der Waals surface area contributed by atoms with E-state index in [1.807, 2.05) is 52.0 Å². The fraction of sp³-hybridized carbons (Fsp3) is 0.261. The molecular formula is C23H23N5O2. The van der Waals surface area contributed by atoms with Crippen LogP contribution >= 0.6 is 0 Å². The number of rotatable bonds is 3. The number of benzene rings is 1. The van der Waals surface area contributed by atoms with Gasteiger partial charge in [-0.05, 0) is 69.0 Å². The number of carbonyl (C=O) groups excluding carboxylic acids is 2. The fourth-order valence-electron chi connectivity index (χ4n) is 3.77. The zero-order valence-electron chi connectivity index (χ0n) is 17.6. The van der Waals surface area contributed by atoms with Crippen LogP contribution in [0.3, 0.4) is 0 Å². The largest absolute Gasteiger partial charge is 0.364 e. The van der Waals surface area contributed by atoms with Crippen molar-refractivity contribution in [3.63, 3.8) is 0 Å². The molecule has 1 aromatic carbocycles. The van der Waals surface area contributed by atoms with Gasteiger partial charge < -0.3 is 5.73 Å². The van der Waals surface area contributed by atoms with Crippen LogP contribution in [0, 0.1) is 20.8 Å². The molecule has 0 bridgehead atoms. The van der Waals surface area contributed by atoms with Crippen LogP contribution in [0.15, 0.2) is 36.7 Å². The van der Waals surface area contributed by atoms with E-state index in [-0.39, 0.29) is 11.6 Å². The second-order valence-corrected chi connectivity index (χ2v) is 8.15. The van der Waals surface area contributed by atoms with E-state index in [1.54, 1.807) is 24.2 Å². The van der Waals surface area contributed by atoms with Crippen molar-refractivity contribution in [2.45, 2.75) is 40.0 Å². The maximum absolute atomic E-state index is 13.4.